The molecule has 0 aromatic carbocycles. The first-order valence-electron chi connectivity index (χ1n) is 22.7. The molecule has 0 bridgehead atoms. The molecule has 2 aliphatic heterocycles. The van der Waals surface area contributed by atoms with Crippen molar-refractivity contribution < 1.29 is 29.6 Å². The summed E-state index contributed by atoms with van der Waals surface area (Å²) in [6, 6.07) is 0.357. The van der Waals surface area contributed by atoms with Crippen molar-refractivity contribution in [1.29, 1.82) is 0 Å². The number of rotatable bonds is 15. The molecule has 2 heterocycles. The highest BCUT2D eigenvalue weighted by Crippen LogP contribution is 2.42. The van der Waals surface area contributed by atoms with Gasteiger partial charge in [-0.15, -0.1) is 0 Å². The third-order valence-corrected chi connectivity index (χ3v) is 15.0. The van der Waals surface area contributed by atoms with Crippen LogP contribution in [0, 0.1) is 65.1 Å². The monoisotopic (exact) mass is 766 g/mol. The van der Waals surface area contributed by atoms with Gasteiger partial charge in [0, 0.05) is 38.3 Å². The summed E-state index contributed by atoms with van der Waals surface area (Å²) in [6.45, 7) is 1.88. The van der Waals surface area contributed by atoms with Crippen LogP contribution >= 0.6 is 0 Å². The molecule has 310 valence electrons. The first kappa shape index (κ1) is 43.0. The molecule has 14 atom stereocenters. The lowest BCUT2D eigenvalue weighted by Gasteiger charge is -2.41. The summed E-state index contributed by atoms with van der Waals surface area (Å²) in [5, 5.41) is 41.2. The Bertz CT molecular complexity index is 1310. The van der Waals surface area contributed by atoms with E-state index in [1.165, 1.54) is 38.5 Å². The Morgan fingerprint density at radius 1 is 0.909 bits per heavy atom. The quantitative estimate of drug-likeness (QED) is 0.0688. The van der Waals surface area contributed by atoms with Gasteiger partial charge in [-0.05, 0) is 144 Å². The Balaban J connectivity index is 1.07. The number of nitrogens with two attached hydrogens (primary N) is 1. The van der Waals surface area contributed by atoms with Crippen LogP contribution in [0.4, 0.5) is 0 Å². The van der Waals surface area contributed by atoms with Gasteiger partial charge in [-0.25, -0.2) is 0 Å². The molecule has 2 saturated heterocycles. The van der Waals surface area contributed by atoms with Crippen LogP contribution in [0.5, 0.6) is 0 Å². The zero-order chi connectivity index (χ0) is 38.7. The molecular weight excluding hydrogens is 691 g/mol. The van der Waals surface area contributed by atoms with Crippen molar-refractivity contribution in [3.8, 4) is 11.8 Å². The smallest absolute Gasteiger partial charge is 0.150 e. The van der Waals surface area contributed by atoms with Crippen LogP contribution in [0.15, 0.2) is 12.2 Å². The third kappa shape index (κ3) is 12.4. The molecule has 55 heavy (non-hydrogen) atoms. The summed E-state index contributed by atoms with van der Waals surface area (Å²) in [5.41, 5.74) is 6.36. The number of hydrogen-bond donors (Lipinski definition) is 6. The lowest BCUT2D eigenvalue weighted by Crippen LogP contribution is -2.48. The van der Waals surface area contributed by atoms with Crippen molar-refractivity contribution in [2.24, 2.45) is 59.0 Å². The van der Waals surface area contributed by atoms with E-state index >= 15 is 0 Å². The number of nitrogens with one attached hydrogen (secondary N) is 2. The molecule has 14 unspecified atom stereocenters. The second-order valence-corrected chi connectivity index (χ2v) is 18.9. The molecule has 6 aliphatic rings. The molecule has 0 amide bonds. The van der Waals surface area contributed by atoms with Gasteiger partial charge in [0.25, 0.3) is 0 Å². The number of carbonyl (C=O) groups excluding carboxylic acids is 2. The first-order valence-corrected chi connectivity index (χ1v) is 22.7. The van der Waals surface area contributed by atoms with E-state index in [-0.39, 0.29) is 41.7 Å². The van der Waals surface area contributed by atoms with Gasteiger partial charge < -0.3 is 36.4 Å². The minimum absolute atomic E-state index is 0.000192. The molecule has 5 fully saturated rings. The Kier molecular flexibility index (Phi) is 16.7. The maximum Gasteiger partial charge on any atom is 0.150 e. The number of allylic oxidation sites excluding steroid dienone is 2. The van der Waals surface area contributed by atoms with Gasteiger partial charge >= 0.3 is 0 Å². The minimum atomic E-state index is -0.796. The van der Waals surface area contributed by atoms with Gasteiger partial charge in [0.15, 0.2) is 0 Å². The molecule has 9 nitrogen and oxygen atoms in total. The molecule has 3 saturated carbocycles. The van der Waals surface area contributed by atoms with Crippen molar-refractivity contribution in [3.05, 3.63) is 12.2 Å². The van der Waals surface area contributed by atoms with Gasteiger partial charge in [0.05, 0.1) is 30.6 Å². The van der Waals surface area contributed by atoms with Crippen molar-refractivity contribution in [2.75, 3.05) is 20.2 Å². The summed E-state index contributed by atoms with van der Waals surface area (Å²) in [4.78, 5) is 25.6. The van der Waals surface area contributed by atoms with E-state index in [2.05, 4.69) is 34.6 Å². The number of piperidine rings is 2. The maximum absolute atomic E-state index is 13.7. The maximum atomic E-state index is 13.7. The number of aliphatic hydroxyl groups is 3. The molecular formula is C46H75N3O6. The van der Waals surface area contributed by atoms with Crippen LogP contribution in [-0.4, -0.2) is 83.7 Å². The zero-order valence-electron chi connectivity index (χ0n) is 33.9. The van der Waals surface area contributed by atoms with Crippen molar-refractivity contribution >= 4 is 11.6 Å². The standard InChI is InChI=1S/C46H75N3O6/c1-55-45-25-35-16-20-43(53)39(42(52)10-6-5-9-31-23-36-14-18-38(51)27-41(36)49-29-31)19-15-32(40(35)28-44(45)54)13-17-37(50)24-33(34-21-22-48-46(47)26-34)12-11-30-7-3-2-4-8-30/h11-12,30-37,39-42,44-46,48-50,52,54H,2-10,13-14,16-18,20-29,47H2,1H3. The highest BCUT2D eigenvalue weighted by molar-refractivity contribution is 5.84. The van der Waals surface area contributed by atoms with Gasteiger partial charge in [-0.3, -0.25) is 9.59 Å². The minimum Gasteiger partial charge on any atom is -0.393 e. The molecule has 0 aromatic rings. The van der Waals surface area contributed by atoms with Crippen LogP contribution in [-0.2, 0) is 14.3 Å². The molecule has 0 radical (unpaired) electrons. The summed E-state index contributed by atoms with van der Waals surface area (Å²) in [7, 11) is 1.66. The molecule has 4 aliphatic carbocycles. The van der Waals surface area contributed by atoms with Crippen LogP contribution in [0.3, 0.4) is 0 Å². The number of Topliss-reactive ketones (excluding diaryl/α,β-unsaturated/α-hetero) is 2. The van der Waals surface area contributed by atoms with E-state index in [4.69, 9.17) is 10.5 Å². The highest BCUT2D eigenvalue weighted by Gasteiger charge is 2.41. The fraction of sp³-hybridized carbons (Fsp3) is 0.870. The molecule has 7 N–H and O–H groups in total. The lowest BCUT2D eigenvalue weighted by atomic mass is 9.67. The number of ketones is 2. The number of hydrogen-bond acceptors (Lipinski definition) is 9. The number of methoxy groups -OCH3 is 1. The van der Waals surface area contributed by atoms with Gasteiger partial charge in [0.1, 0.15) is 17.5 Å². The summed E-state index contributed by atoms with van der Waals surface area (Å²) >= 11 is 0. The SMILES string of the molecule is COC1CC2CCC(=O)C(C(O)CCCCC3CNC4CC(=O)CCC4C3)C#CC(CCC(O)CC(C=CC3CCCCC3)C3CCNC(N)C3)C2CC1O. The van der Waals surface area contributed by atoms with E-state index < -0.39 is 24.2 Å². The second-order valence-electron chi connectivity index (χ2n) is 18.9. The van der Waals surface area contributed by atoms with Crippen molar-refractivity contribution in [3.63, 3.8) is 0 Å². The molecule has 0 aromatic heterocycles. The zero-order valence-corrected chi connectivity index (χ0v) is 33.9. The van der Waals surface area contributed by atoms with Crippen LogP contribution in [0.25, 0.3) is 0 Å². The van der Waals surface area contributed by atoms with E-state index in [0.717, 1.165) is 58.0 Å². The predicted octanol–water partition coefficient (Wildman–Crippen LogP) is 5.82. The number of carbonyl (C=O) groups is 2. The highest BCUT2D eigenvalue weighted by atomic mass is 16.5. The predicted molar refractivity (Wildman–Crippen MR) is 217 cm³/mol. The van der Waals surface area contributed by atoms with Crippen LogP contribution in [0.1, 0.15) is 141 Å². The fourth-order valence-electron chi connectivity index (χ4n) is 11.6. The average Bonchev–Trinajstić information content (AvgIpc) is 3.25. The Hall–Kier alpha value is -1.64. The summed E-state index contributed by atoms with van der Waals surface area (Å²) in [5.74, 6) is 9.37. The summed E-state index contributed by atoms with van der Waals surface area (Å²) in [6.07, 6.45) is 22.7. The topological polar surface area (TPSA) is 154 Å². The second kappa shape index (κ2) is 21.4. The number of unbranched alkanes of at least 4 members (excludes halogenated alkanes) is 1. The lowest BCUT2D eigenvalue weighted by molar-refractivity contribution is -0.125. The van der Waals surface area contributed by atoms with E-state index in [1.54, 1.807) is 7.11 Å². The van der Waals surface area contributed by atoms with E-state index in [0.29, 0.717) is 93.3 Å². The first-order chi connectivity index (χ1) is 26.7. The van der Waals surface area contributed by atoms with Crippen LogP contribution < -0.4 is 16.4 Å². The van der Waals surface area contributed by atoms with Crippen molar-refractivity contribution in [2.45, 2.75) is 178 Å². The number of ether oxygens (including phenoxy) is 1. The number of fused-ring (bicyclic) bond motifs is 2. The van der Waals surface area contributed by atoms with Gasteiger partial charge in [-0.2, -0.15) is 0 Å². The molecule has 9 heteroatoms. The Morgan fingerprint density at radius 3 is 2.53 bits per heavy atom. The number of aliphatic hydroxyl groups excluding tert-OH is 3. The Labute approximate surface area is 332 Å². The summed E-state index contributed by atoms with van der Waals surface area (Å²) < 4.78 is 5.69. The van der Waals surface area contributed by atoms with Gasteiger partial charge in [-0.1, -0.05) is 56.1 Å². The Morgan fingerprint density at radius 2 is 1.73 bits per heavy atom. The normalized spacial score (nSPS) is 38.1. The van der Waals surface area contributed by atoms with Gasteiger partial charge in [0.2, 0.25) is 0 Å². The third-order valence-electron chi connectivity index (χ3n) is 15.0. The van der Waals surface area contributed by atoms with E-state index in [9.17, 15) is 24.9 Å². The van der Waals surface area contributed by atoms with Crippen molar-refractivity contribution in [1.82, 2.24) is 10.6 Å². The average molecular weight is 766 g/mol. The van der Waals surface area contributed by atoms with E-state index in [1.807, 2.05) is 0 Å². The largest absolute Gasteiger partial charge is 0.393 e. The fourth-order valence-corrected chi connectivity index (χ4v) is 11.6. The molecule has 6 rings (SSSR count). The van der Waals surface area contributed by atoms with Crippen LogP contribution in [0.2, 0.25) is 0 Å². The molecule has 0 spiro atoms.